The van der Waals surface area contributed by atoms with Crippen LogP contribution in [0.5, 0.6) is 11.5 Å². The number of carbonyl (C=O) groups excluding carboxylic acids is 2. The average Bonchev–Trinajstić information content (AvgIpc) is 2.67. The monoisotopic (exact) mass is 420 g/mol. The summed E-state index contributed by atoms with van der Waals surface area (Å²) in [6.07, 6.45) is 1.14. The molecule has 0 aliphatic carbocycles. The molecule has 1 aliphatic heterocycles. The summed E-state index contributed by atoms with van der Waals surface area (Å²) in [5.74, 6) is -1.66. The quantitative estimate of drug-likeness (QED) is 0.467. The van der Waals surface area contributed by atoms with E-state index in [2.05, 4.69) is 5.32 Å². The predicted octanol–water partition coefficient (Wildman–Crippen LogP) is 3.33. The number of benzene rings is 2. The van der Waals surface area contributed by atoms with Gasteiger partial charge in [0.05, 0.1) is 19.9 Å². The van der Waals surface area contributed by atoms with Gasteiger partial charge in [-0.15, -0.1) is 0 Å². The first-order valence-corrected chi connectivity index (χ1v) is 8.73. The fourth-order valence-electron chi connectivity index (χ4n) is 2.62. The van der Waals surface area contributed by atoms with Gasteiger partial charge in [0.15, 0.2) is 16.6 Å². The van der Waals surface area contributed by atoms with E-state index in [1.807, 2.05) is 0 Å². The molecule has 0 bridgehead atoms. The topological polar surface area (TPSA) is 67.9 Å². The van der Waals surface area contributed by atoms with Crippen molar-refractivity contribution in [3.63, 3.8) is 0 Å². The lowest BCUT2D eigenvalue weighted by Gasteiger charge is -2.29. The van der Waals surface area contributed by atoms with Crippen LogP contribution in [-0.2, 0) is 9.59 Å². The van der Waals surface area contributed by atoms with E-state index in [1.165, 1.54) is 20.3 Å². The molecule has 1 saturated heterocycles. The third-order valence-corrected chi connectivity index (χ3v) is 4.53. The number of rotatable bonds is 4. The molecule has 0 unspecified atom stereocenters. The number of nitrogens with zero attached hydrogens (tertiary/aromatic N) is 1. The molecule has 0 radical (unpaired) electrons. The molecule has 1 N–H and O–H groups in total. The zero-order valence-corrected chi connectivity index (χ0v) is 16.4. The van der Waals surface area contributed by atoms with Gasteiger partial charge in [-0.05, 0) is 48.6 Å². The Morgan fingerprint density at radius 3 is 2.32 bits per heavy atom. The number of ether oxygens (including phenoxy) is 2. The van der Waals surface area contributed by atoms with Crippen LogP contribution in [0.3, 0.4) is 0 Å². The Bertz CT molecular complexity index is 1010. The smallest absolute Gasteiger partial charge is 0.270 e. The molecule has 144 valence electrons. The summed E-state index contributed by atoms with van der Waals surface area (Å²) in [5, 5.41) is 2.83. The lowest BCUT2D eigenvalue weighted by molar-refractivity contribution is -0.122. The minimum atomic E-state index is -0.727. The highest BCUT2D eigenvalue weighted by Gasteiger charge is 2.34. The van der Waals surface area contributed by atoms with Crippen LogP contribution in [0.4, 0.5) is 10.1 Å². The van der Waals surface area contributed by atoms with Crippen LogP contribution in [0.2, 0.25) is 5.02 Å². The van der Waals surface area contributed by atoms with Crippen molar-refractivity contribution in [1.82, 2.24) is 5.32 Å². The van der Waals surface area contributed by atoms with Crippen LogP contribution in [0.1, 0.15) is 5.56 Å². The van der Waals surface area contributed by atoms with Gasteiger partial charge in [0.25, 0.3) is 11.8 Å². The molecule has 0 aromatic heterocycles. The maximum Gasteiger partial charge on any atom is 0.270 e. The molecular formula is C19H14ClFN2O4S. The molecule has 0 saturated carbocycles. The van der Waals surface area contributed by atoms with Gasteiger partial charge in [0, 0.05) is 16.7 Å². The van der Waals surface area contributed by atoms with Crippen molar-refractivity contribution in [1.29, 1.82) is 0 Å². The van der Waals surface area contributed by atoms with Crippen molar-refractivity contribution in [2.75, 3.05) is 19.1 Å². The first kappa shape index (κ1) is 19.8. The number of amides is 2. The zero-order valence-electron chi connectivity index (χ0n) is 14.8. The van der Waals surface area contributed by atoms with E-state index in [-0.39, 0.29) is 27.7 Å². The van der Waals surface area contributed by atoms with Gasteiger partial charge in [-0.3, -0.25) is 19.8 Å². The Balaban J connectivity index is 2.05. The molecule has 1 aliphatic rings. The molecule has 28 heavy (non-hydrogen) atoms. The zero-order chi connectivity index (χ0) is 20.4. The lowest BCUT2D eigenvalue weighted by Crippen LogP contribution is -2.54. The highest BCUT2D eigenvalue weighted by molar-refractivity contribution is 7.80. The fourth-order valence-corrected chi connectivity index (χ4v) is 3.03. The van der Waals surface area contributed by atoms with E-state index in [4.69, 9.17) is 33.3 Å². The van der Waals surface area contributed by atoms with E-state index in [1.54, 1.807) is 24.3 Å². The Kier molecular flexibility index (Phi) is 5.62. The predicted molar refractivity (Wildman–Crippen MR) is 107 cm³/mol. The maximum atomic E-state index is 14.4. The molecule has 9 heteroatoms. The van der Waals surface area contributed by atoms with Crippen molar-refractivity contribution < 1.29 is 23.5 Å². The van der Waals surface area contributed by atoms with Crippen molar-refractivity contribution in [3.8, 4) is 11.5 Å². The first-order chi connectivity index (χ1) is 13.3. The maximum absolute atomic E-state index is 14.4. The van der Waals surface area contributed by atoms with Crippen molar-refractivity contribution in [2.24, 2.45) is 0 Å². The summed E-state index contributed by atoms with van der Waals surface area (Å²) < 4.78 is 24.6. The molecule has 6 nitrogen and oxygen atoms in total. The SMILES string of the molecule is COc1cc(F)c(C=C2C(=O)NC(=S)N(c3ccc(Cl)cc3)C2=O)cc1OC. The molecule has 2 amide bonds. The number of nitrogens with one attached hydrogen (secondary N) is 1. The highest BCUT2D eigenvalue weighted by Crippen LogP contribution is 2.31. The molecule has 2 aromatic carbocycles. The van der Waals surface area contributed by atoms with Crippen LogP contribution in [-0.4, -0.2) is 31.1 Å². The standard InChI is InChI=1S/C19H14ClFN2O4S/c1-26-15-8-10(14(21)9-16(15)27-2)7-13-17(24)22-19(28)23(18(13)25)12-5-3-11(20)4-6-12/h3-9H,1-2H3,(H,22,24,28). The van der Waals surface area contributed by atoms with E-state index < -0.39 is 17.6 Å². The molecule has 1 fully saturated rings. The Hall–Kier alpha value is -2.97. The third kappa shape index (κ3) is 3.69. The minimum Gasteiger partial charge on any atom is -0.493 e. The van der Waals surface area contributed by atoms with Crippen molar-refractivity contribution in [2.45, 2.75) is 0 Å². The normalized spacial score (nSPS) is 15.6. The van der Waals surface area contributed by atoms with Crippen LogP contribution in [0.25, 0.3) is 6.08 Å². The largest absolute Gasteiger partial charge is 0.493 e. The van der Waals surface area contributed by atoms with Gasteiger partial charge in [0.2, 0.25) is 0 Å². The number of methoxy groups -OCH3 is 2. The number of hydrogen-bond acceptors (Lipinski definition) is 5. The van der Waals surface area contributed by atoms with Crippen molar-refractivity contribution in [3.05, 3.63) is 58.4 Å². The summed E-state index contributed by atoms with van der Waals surface area (Å²) in [7, 11) is 2.77. The van der Waals surface area contributed by atoms with Gasteiger partial charge in [-0.1, -0.05) is 11.6 Å². The van der Waals surface area contributed by atoms with Gasteiger partial charge in [-0.25, -0.2) is 4.39 Å². The number of anilines is 1. The second-order valence-corrected chi connectivity index (χ2v) is 6.49. The summed E-state index contributed by atoms with van der Waals surface area (Å²) >= 11 is 11.0. The van der Waals surface area contributed by atoms with Crippen LogP contribution < -0.4 is 19.7 Å². The van der Waals surface area contributed by atoms with Gasteiger partial charge >= 0.3 is 0 Å². The molecule has 0 atom stereocenters. The van der Waals surface area contributed by atoms with E-state index in [0.29, 0.717) is 10.7 Å². The Morgan fingerprint density at radius 2 is 1.71 bits per heavy atom. The lowest BCUT2D eigenvalue weighted by atomic mass is 10.1. The van der Waals surface area contributed by atoms with E-state index >= 15 is 0 Å². The number of hydrogen-bond donors (Lipinski definition) is 1. The number of thiocarbonyl (C=S) groups is 1. The minimum absolute atomic E-state index is 0.0139. The van der Waals surface area contributed by atoms with E-state index in [9.17, 15) is 14.0 Å². The second-order valence-electron chi connectivity index (χ2n) is 5.66. The molecule has 3 rings (SSSR count). The average molecular weight is 421 g/mol. The van der Waals surface area contributed by atoms with Crippen LogP contribution >= 0.6 is 23.8 Å². The third-order valence-electron chi connectivity index (χ3n) is 3.99. The summed E-state index contributed by atoms with van der Waals surface area (Å²) in [5.41, 5.74) is 0.118. The van der Waals surface area contributed by atoms with E-state index in [0.717, 1.165) is 17.0 Å². The highest BCUT2D eigenvalue weighted by atomic mass is 35.5. The Labute approximate surface area is 170 Å². The van der Waals surface area contributed by atoms with Crippen LogP contribution in [0, 0.1) is 5.82 Å². The number of halogens is 2. The fraction of sp³-hybridized carbons (Fsp3) is 0.105. The second kappa shape index (κ2) is 7.95. The van der Waals surface area contributed by atoms with Gasteiger partial charge in [-0.2, -0.15) is 0 Å². The number of carbonyl (C=O) groups is 2. The van der Waals surface area contributed by atoms with Crippen LogP contribution in [0.15, 0.2) is 42.0 Å². The summed E-state index contributed by atoms with van der Waals surface area (Å²) in [6, 6.07) is 8.78. The van der Waals surface area contributed by atoms with Gasteiger partial charge in [0.1, 0.15) is 11.4 Å². The van der Waals surface area contributed by atoms with Gasteiger partial charge < -0.3 is 9.47 Å². The molecule has 0 spiro atoms. The Morgan fingerprint density at radius 1 is 1.11 bits per heavy atom. The molecule has 1 heterocycles. The molecular weight excluding hydrogens is 407 g/mol. The summed E-state index contributed by atoms with van der Waals surface area (Å²) in [4.78, 5) is 26.4. The molecule has 2 aromatic rings. The first-order valence-electron chi connectivity index (χ1n) is 7.94. The van der Waals surface area contributed by atoms with Crippen molar-refractivity contribution >= 4 is 52.5 Å². The summed E-state index contributed by atoms with van der Waals surface area (Å²) in [6.45, 7) is 0.